The summed E-state index contributed by atoms with van der Waals surface area (Å²) in [6, 6.07) is 6.57. The lowest BCUT2D eigenvalue weighted by molar-refractivity contribution is -0.117. The minimum absolute atomic E-state index is 0.0687. The van der Waals surface area contributed by atoms with Crippen molar-refractivity contribution in [1.29, 1.82) is 0 Å². The summed E-state index contributed by atoms with van der Waals surface area (Å²) in [5, 5.41) is 5.85. The van der Waals surface area contributed by atoms with Crippen molar-refractivity contribution in [1.82, 2.24) is 20.2 Å². The Hall–Kier alpha value is -3.11. The van der Waals surface area contributed by atoms with Crippen LogP contribution in [0.5, 0.6) is 5.75 Å². The Kier molecular flexibility index (Phi) is 7.69. The number of aryl methyl sites for hydroxylation is 2. The SMILES string of the molecule is C=CCNC(=O)NC(=O)CSc1nc2sc3c(c2c(=O)n1-c1ccc(OC)cc1)CCCCC3. The fraction of sp³-hybridized carbons (Fsp3) is 0.333. The van der Waals surface area contributed by atoms with Crippen molar-refractivity contribution in [2.24, 2.45) is 0 Å². The highest BCUT2D eigenvalue weighted by Gasteiger charge is 2.23. The van der Waals surface area contributed by atoms with Crippen molar-refractivity contribution in [3.8, 4) is 11.4 Å². The fourth-order valence-electron chi connectivity index (χ4n) is 3.92. The van der Waals surface area contributed by atoms with E-state index in [0.29, 0.717) is 26.8 Å². The quantitative estimate of drug-likeness (QED) is 0.222. The topological polar surface area (TPSA) is 102 Å². The third-order valence-electron chi connectivity index (χ3n) is 5.53. The van der Waals surface area contributed by atoms with E-state index in [4.69, 9.17) is 9.72 Å². The van der Waals surface area contributed by atoms with Crippen molar-refractivity contribution in [2.75, 3.05) is 19.4 Å². The van der Waals surface area contributed by atoms with Gasteiger partial charge in [0.1, 0.15) is 10.6 Å². The first-order valence-corrected chi connectivity index (χ1v) is 12.8. The van der Waals surface area contributed by atoms with Crippen LogP contribution in [0.2, 0.25) is 0 Å². The van der Waals surface area contributed by atoms with Crippen LogP contribution in [0.1, 0.15) is 29.7 Å². The highest BCUT2D eigenvalue weighted by Crippen LogP contribution is 2.34. The Balaban J connectivity index is 1.72. The Morgan fingerprint density at radius 3 is 2.74 bits per heavy atom. The molecular weight excluding hydrogens is 472 g/mol. The highest BCUT2D eigenvalue weighted by molar-refractivity contribution is 7.99. The lowest BCUT2D eigenvalue weighted by Gasteiger charge is -2.13. The summed E-state index contributed by atoms with van der Waals surface area (Å²) in [6.07, 6.45) is 6.70. The lowest BCUT2D eigenvalue weighted by Crippen LogP contribution is -2.40. The number of benzene rings is 1. The average Bonchev–Trinajstić information content (AvgIpc) is 3.02. The number of hydrogen-bond donors (Lipinski definition) is 2. The van der Waals surface area contributed by atoms with Crippen molar-refractivity contribution >= 4 is 45.3 Å². The zero-order valence-corrected chi connectivity index (χ0v) is 20.5. The van der Waals surface area contributed by atoms with Gasteiger partial charge in [0, 0.05) is 11.4 Å². The maximum absolute atomic E-state index is 13.8. The predicted molar refractivity (Wildman–Crippen MR) is 135 cm³/mol. The predicted octanol–water partition coefficient (Wildman–Crippen LogP) is 3.83. The number of thiophene rings is 1. The van der Waals surface area contributed by atoms with Crippen LogP contribution < -0.4 is 20.9 Å². The van der Waals surface area contributed by atoms with Gasteiger partial charge in [0.15, 0.2) is 5.16 Å². The van der Waals surface area contributed by atoms with Crippen molar-refractivity contribution < 1.29 is 14.3 Å². The molecule has 8 nitrogen and oxygen atoms in total. The zero-order chi connectivity index (χ0) is 24.1. The monoisotopic (exact) mass is 498 g/mol. The number of carbonyl (C=O) groups is 2. The van der Waals surface area contributed by atoms with E-state index < -0.39 is 11.9 Å². The van der Waals surface area contributed by atoms with Gasteiger partial charge in [-0.1, -0.05) is 24.3 Å². The minimum Gasteiger partial charge on any atom is -0.497 e. The van der Waals surface area contributed by atoms with Gasteiger partial charge >= 0.3 is 6.03 Å². The molecule has 1 aliphatic rings. The number of ether oxygens (including phenoxy) is 1. The Labute approximate surface area is 205 Å². The van der Waals surface area contributed by atoms with Gasteiger partial charge in [-0.3, -0.25) is 19.5 Å². The Bertz CT molecular complexity index is 1280. The van der Waals surface area contributed by atoms with Gasteiger partial charge in [-0.25, -0.2) is 9.78 Å². The van der Waals surface area contributed by atoms with Crippen LogP contribution in [0.25, 0.3) is 15.9 Å². The molecule has 0 radical (unpaired) electrons. The second-order valence-corrected chi connectivity index (χ2v) is 9.84. The van der Waals surface area contributed by atoms with Gasteiger partial charge in [0.25, 0.3) is 5.56 Å². The maximum Gasteiger partial charge on any atom is 0.321 e. The maximum atomic E-state index is 13.8. The van der Waals surface area contributed by atoms with Gasteiger partial charge in [-0.2, -0.15) is 0 Å². The number of aromatic nitrogens is 2. The molecule has 1 aromatic carbocycles. The lowest BCUT2D eigenvalue weighted by atomic mass is 10.1. The summed E-state index contributed by atoms with van der Waals surface area (Å²) in [6.45, 7) is 3.77. The van der Waals surface area contributed by atoms with Gasteiger partial charge < -0.3 is 10.1 Å². The van der Waals surface area contributed by atoms with Gasteiger partial charge in [0.2, 0.25) is 5.91 Å². The van der Waals surface area contributed by atoms with E-state index in [1.807, 2.05) is 0 Å². The molecule has 3 amide bonds. The van der Waals surface area contributed by atoms with E-state index in [2.05, 4.69) is 17.2 Å². The largest absolute Gasteiger partial charge is 0.497 e. The number of thioether (sulfide) groups is 1. The number of carbonyl (C=O) groups excluding carboxylic acids is 2. The molecule has 10 heteroatoms. The zero-order valence-electron chi connectivity index (χ0n) is 18.9. The van der Waals surface area contributed by atoms with E-state index in [-0.39, 0.29) is 17.9 Å². The molecular formula is C24H26N4O4S2. The van der Waals surface area contributed by atoms with Crippen LogP contribution in [0.15, 0.2) is 46.9 Å². The average molecular weight is 499 g/mol. The number of urea groups is 1. The first kappa shape index (κ1) is 24.0. The molecule has 0 spiro atoms. The first-order chi connectivity index (χ1) is 16.5. The number of methoxy groups -OCH3 is 1. The van der Waals surface area contributed by atoms with E-state index in [1.165, 1.54) is 11.0 Å². The molecule has 0 atom stereocenters. The number of fused-ring (bicyclic) bond motifs is 3. The van der Waals surface area contributed by atoms with Crippen LogP contribution in [0.3, 0.4) is 0 Å². The Morgan fingerprint density at radius 2 is 2.00 bits per heavy atom. The molecule has 4 rings (SSSR count). The third kappa shape index (κ3) is 5.18. The van der Waals surface area contributed by atoms with Crippen molar-refractivity contribution in [2.45, 2.75) is 37.3 Å². The first-order valence-electron chi connectivity index (χ1n) is 11.0. The third-order valence-corrected chi connectivity index (χ3v) is 7.66. The van der Waals surface area contributed by atoms with Gasteiger partial charge in [0.05, 0.1) is 23.9 Å². The molecule has 2 heterocycles. The van der Waals surface area contributed by atoms with Crippen LogP contribution in [-0.4, -0.2) is 40.9 Å². The molecule has 178 valence electrons. The van der Waals surface area contributed by atoms with E-state index >= 15 is 0 Å². The summed E-state index contributed by atoms with van der Waals surface area (Å²) >= 11 is 2.69. The van der Waals surface area contributed by atoms with Crippen LogP contribution in [0.4, 0.5) is 4.79 Å². The van der Waals surface area contributed by atoms with E-state index in [1.54, 1.807) is 47.3 Å². The normalized spacial score (nSPS) is 13.1. The number of nitrogens with zero attached hydrogens (tertiary/aromatic N) is 2. The van der Waals surface area contributed by atoms with E-state index in [0.717, 1.165) is 49.4 Å². The van der Waals surface area contributed by atoms with Crippen LogP contribution >= 0.6 is 23.1 Å². The molecule has 0 aliphatic heterocycles. The number of rotatable bonds is 7. The van der Waals surface area contributed by atoms with E-state index in [9.17, 15) is 14.4 Å². The summed E-state index contributed by atoms with van der Waals surface area (Å²) in [5.41, 5.74) is 1.62. The molecule has 2 aromatic heterocycles. The van der Waals surface area contributed by atoms with Crippen molar-refractivity contribution in [3.05, 3.63) is 57.7 Å². The number of hydrogen-bond acceptors (Lipinski definition) is 7. The highest BCUT2D eigenvalue weighted by atomic mass is 32.2. The molecule has 34 heavy (non-hydrogen) atoms. The molecule has 0 saturated heterocycles. The molecule has 0 fully saturated rings. The molecule has 3 aromatic rings. The summed E-state index contributed by atoms with van der Waals surface area (Å²) in [5.74, 6) is 0.124. The van der Waals surface area contributed by atoms with Gasteiger partial charge in [-0.05, 0) is 55.5 Å². The van der Waals surface area contributed by atoms with Crippen LogP contribution in [-0.2, 0) is 17.6 Å². The molecule has 2 N–H and O–H groups in total. The second kappa shape index (κ2) is 10.9. The standard InChI is InChI=1S/C24H26N4O4S2/c1-3-13-25-23(31)26-19(29)14-33-24-27-21-20(17-7-5-4-6-8-18(17)34-21)22(30)28(24)15-9-11-16(32-2)12-10-15/h3,9-12H,1,4-8,13-14H2,2H3,(H2,25,26,29,31). The second-order valence-electron chi connectivity index (χ2n) is 7.81. The summed E-state index contributed by atoms with van der Waals surface area (Å²) < 4.78 is 6.80. The van der Waals surface area contributed by atoms with Gasteiger partial charge in [-0.15, -0.1) is 17.9 Å². The summed E-state index contributed by atoms with van der Waals surface area (Å²) in [4.78, 5) is 44.6. The number of nitrogens with one attached hydrogen (secondary N) is 2. The molecule has 0 saturated carbocycles. The van der Waals surface area contributed by atoms with Crippen molar-refractivity contribution in [3.63, 3.8) is 0 Å². The molecule has 0 unspecified atom stereocenters. The number of amides is 3. The number of imide groups is 1. The van der Waals surface area contributed by atoms with Crippen LogP contribution in [0, 0.1) is 0 Å². The summed E-state index contributed by atoms with van der Waals surface area (Å²) in [7, 11) is 1.58. The molecule has 0 bridgehead atoms. The smallest absolute Gasteiger partial charge is 0.321 e. The molecule has 1 aliphatic carbocycles. The minimum atomic E-state index is -0.594. The fourth-order valence-corrected chi connectivity index (χ4v) is 6.04. The Morgan fingerprint density at radius 1 is 1.24 bits per heavy atom.